The van der Waals surface area contributed by atoms with Gasteiger partial charge in [0.15, 0.2) is 0 Å². The van der Waals surface area contributed by atoms with Crippen LogP contribution >= 0.6 is 11.6 Å². The number of rotatable bonds is 8. The Morgan fingerprint density at radius 3 is 2.54 bits per heavy atom. The van der Waals surface area contributed by atoms with Gasteiger partial charge in [0.05, 0.1) is 0 Å². The van der Waals surface area contributed by atoms with Crippen molar-refractivity contribution in [1.29, 1.82) is 0 Å². The minimum absolute atomic E-state index is 0.447. The van der Waals surface area contributed by atoms with Crippen molar-refractivity contribution < 1.29 is 9.47 Å². The molecule has 3 heteroatoms. The van der Waals surface area contributed by atoms with E-state index in [1.54, 1.807) is 7.11 Å². The molecule has 1 aliphatic rings. The summed E-state index contributed by atoms with van der Waals surface area (Å²) in [6, 6.07) is 0. The zero-order valence-electron chi connectivity index (χ0n) is 8.35. The second-order valence-electron chi connectivity index (χ2n) is 3.84. The molecule has 2 nitrogen and oxygen atoms in total. The predicted octanol–water partition coefficient (Wildman–Crippen LogP) is 2.45. The van der Waals surface area contributed by atoms with Crippen molar-refractivity contribution in [2.24, 2.45) is 5.41 Å². The fourth-order valence-corrected chi connectivity index (χ4v) is 1.72. The molecule has 0 heterocycles. The van der Waals surface area contributed by atoms with E-state index < -0.39 is 0 Å². The van der Waals surface area contributed by atoms with E-state index in [1.165, 1.54) is 12.8 Å². The van der Waals surface area contributed by atoms with Crippen LogP contribution in [-0.4, -0.2) is 32.8 Å². The lowest BCUT2D eigenvalue weighted by molar-refractivity contribution is 0.0933. The summed E-state index contributed by atoms with van der Waals surface area (Å²) >= 11 is 5.84. The van der Waals surface area contributed by atoms with Crippen LogP contribution in [0.25, 0.3) is 0 Å². The van der Waals surface area contributed by atoms with E-state index in [1.807, 2.05) is 0 Å². The Morgan fingerprint density at radius 1 is 1.23 bits per heavy atom. The molecule has 78 valence electrons. The van der Waals surface area contributed by atoms with Crippen molar-refractivity contribution in [3.63, 3.8) is 0 Å². The van der Waals surface area contributed by atoms with Crippen molar-refractivity contribution in [1.82, 2.24) is 0 Å². The van der Waals surface area contributed by atoms with E-state index in [2.05, 4.69) is 0 Å². The van der Waals surface area contributed by atoms with Crippen molar-refractivity contribution >= 4 is 11.6 Å². The van der Waals surface area contributed by atoms with E-state index in [0.717, 1.165) is 38.5 Å². The molecule has 1 saturated carbocycles. The Labute approximate surface area is 85.5 Å². The first-order valence-electron chi connectivity index (χ1n) is 4.96. The summed E-state index contributed by atoms with van der Waals surface area (Å²) in [5.74, 6) is 0.800. The molecule has 0 saturated heterocycles. The Balaban J connectivity index is 1.84. The summed E-state index contributed by atoms with van der Waals surface area (Å²) in [6.07, 6.45) is 4.70. The van der Waals surface area contributed by atoms with Gasteiger partial charge in [-0.15, -0.1) is 11.6 Å². The quantitative estimate of drug-likeness (QED) is 0.449. The van der Waals surface area contributed by atoms with Crippen molar-refractivity contribution in [2.75, 3.05) is 32.8 Å². The highest BCUT2D eigenvalue weighted by Crippen LogP contribution is 2.49. The van der Waals surface area contributed by atoms with Crippen molar-refractivity contribution in [2.45, 2.75) is 25.7 Å². The summed E-state index contributed by atoms with van der Waals surface area (Å²) in [5.41, 5.74) is 0.447. The molecule has 1 fully saturated rings. The zero-order valence-corrected chi connectivity index (χ0v) is 9.11. The minimum atomic E-state index is 0.447. The lowest BCUT2D eigenvalue weighted by Crippen LogP contribution is -2.08. The van der Waals surface area contributed by atoms with E-state index in [9.17, 15) is 0 Å². The molecule has 1 rings (SSSR count). The normalized spacial score (nSPS) is 18.9. The van der Waals surface area contributed by atoms with Crippen LogP contribution in [0.15, 0.2) is 0 Å². The zero-order chi connectivity index (χ0) is 9.57. The molecule has 0 atom stereocenters. The van der Waals surface area contributed by atoms with E-state index in [4.69, 9.17) is 21.1 Å². The first-order valence-corrected chi connectivity index (χ1v) is 5.49. The molecule has 0 N–H and O–H groups in total. The number of methoxy groups -OCH3 is 1. The van der Waals surface area contributed by atoms with E-state index in [0.29, 0.717) is 5.41 Å². The smallest absolute Gasteiger partial charge is 0.0487 e. The van der Waals surface area contributed by atoms with Gasteiger partial charge < -0.3 is 9.47 Å². The summed E-state index contributed by atoms with van der Waals surface area (Å²) in [4.78, 5) is 0. The molecule has 0 aromatic heterocycles. The number of alkyl halides is 1. The summed E-state index contributed by atoms with van der Waals surface area (Å²) in [6.45, 7) is 2.46. The van der Waals surface area contributed by atoms with Crippen LogP contribution in [0, 0.1) is 5.41 Å². The second-order valence-corrected chi connectivity index (χ2v) is 4.11. The summed E-state index contributed by atoms with van der Waals surface area (Å²) in [7, 11) is 1.71. The van der Waals surface area contributed by atoms with Gasteiger partial charge in [-0.3, -0.25) is 0 Å². The van der Waals surface area contributed by atoms with E-state index >= 15 is 0 Å². The van der Waals surface area contributed by atoms with Gasteiger partial charge in [0.1, 0.15) is 0 Å². The Bertz CT molecular complexity index is 135. The Hall–Kier alpha value is 0.210. The molecule has 1 aliphatic carbocycles. The summed E-state index contributed by atoms with van der Waals surface area (Å²) < 4.78 is 10.4. The molecule has 0 amide bonds. The first kappa shape index (κ1) is 11.3. The van der Waals surface area contributed by atoms with Gasteiger partial charge in [0.2, 0.25) is 0 Å². The SMILES string of the molecule is COCCCOCCC1(CCl)CC1. The molecule has 0 aliphatic heterocycles. The molecular formula is C10H19ClO2. The van der Waals surface area contributed by atoms with Crippen LogP contribution < -0.4 is 0 Å². The monoisotopic (exact) mass is 206 g/mol. The highest BCUT2D eigenvalue weighted by Gasteiger charge is 2.40. The van der Waals surface area contributed by atoms with Gasteiger partial charge in [-0.1, -0.05) is 0 Å². The van der Waals surface area contributed by atoms with Crippen molar-refractivity contribution in [3.8, 4) is 0 Å². The topological polar surface area (TPSA) is 18.5 Å². The lowest BCUT2D eigenvalue weighted by atomic mass is 10.1. The third-order valence-electron chi connectivity index (χ3n) is 2.65. The molecule has 0 aromatic rings. The van der Waals surface area contributed by atoms with Crippen LogP contribution in [0.5, 0.6) is 0 Å². The van der Waals surface area contributed by atoms with Crippen LogP contribution in [0.3, 0.4) is 0 Å². The maximum absolute atomic E-state index is 5.84. The molecule has 0 radical (unpaired) electrons. The van der Waals surface area contributed by atoms with Gasteiger partial charge in [-0.25, -0.2) is 0 Å². The maximum Gasteiger partial charge on any atom is 0.0487 e. The fourth-order valence-electron chi connectivity index (χ4n) is 1.32. The Morgan fingerprint density at radius 2 is 2.00 bits per heavy atom. The molecule has 0 unspecified atom stereocenters. The van der Waals surface area contributed by atoms with Gasteiger partial charge >= 0.3 is 0 Å². The predicted molar refractivity (Wildman–Crippen MR) is 54.3 cm³/mol. The highest BCUT2D eigenvalue weighted by molar-refractivity contribution is 6.18. The van der Waals surface area contributed by atoms with Gasteiger partial charge in [0, 0.05) is 32.8 Å². The van der Waals surface area contributed by atoms with Gasteiger partial charge in [-0.2, -0.15) is 0 Å². The first-order chi connectivity index (χ1) is 6.33. The largest absolute Gasteiger partial charge is 0.385 e. The molecule has 0 spiro atoms. The van der Waals surface area contributed by atoms with Crippen LogP contribution in [-0.2, 0) is 9.47 Å². The minimum Gasteiger partial charge on any atom is -0.385 e. The van der Waals surface area contributed by atoms with Gasteiger partial charge in [0.25, 0.3) is 0 Å². The average molecular weight is 207 g/mol. The standard InChI is InChI=1S/C10H19ClO2/c1-12-6-2-7-13-8-5-10(9-11)3-4-10/h2-9H2,1H3. The number of ether oxygens (including phenoxy) is 2. The average Bonchev–Trinajstić information content (AvgIpc) is 2.92. The molecular weight excluding hydrogens is 188 g/mol. The van der Waals surface area contributed by atoms with Crippen LogP contribution in [0.2, 0.25) is 0 Å². The third-order valence-corrected chi connectivity index (χ3v) is 3.22. The van der Waals surface area contributed by atoms with Crippen LogP contribution in [0.4, 0.5) is 0 Å². The molecule has 0 bridgehead atoms. The lowest BCUT2D eigenvalue weighted by Gasteiger charge is -2.10. The van der Waals surface area contributed by atoms with Gasteiger partial charge in [-0.05, 0) is 31.1 Å². The van der Waals surface area contributed by atoms with E-state index in [-0.39, 0.29) is 0 Å². The third kappa shape index (κ3) is 4.30. The highest BCUT2D eigenvalue weighted by atomic mass is 35.5. The summed E-state index contributed by atoms with van der Waals surface area (Å²) in [5, 5.41) is 0. The number of halogens is 1. The number of hydrogen-bond acceptors (Lipinski definition) is 2. The molecule has 0 aromatic carbocycles. The van der Waals surface area contributed by atoms with Crippen molar-refractivity contribution in [3.05, 3.63) is 0 Å². The fraction of sp³-hybridized carbons (Fsp3) is 1.00. The van der Waals surface area contributed by atoms with Crippen LogP contribution in [0.1, 0.15) is 25.7 Å². The Kier molecular flexibility index (Phi) is 5.07. The molecule has 13 heavy (non-hydrogen) atoms. The maximum atomic E-state index is 5.84. The number of hydrogen-bond donors (Lipinski definition) is 0. The second kappa shape index (κ2) is 5.84.